The van der Waals surface area contributed by atoms with Gasteiger partial charge in [0.15, 0.2) is 0 Å². The van der Waals surface area contributed by atoms with E-state index in [0.717, 1.165) is 27.1 Å². The van der Waals surface area contributed by atoms with E-state index >= 15 is 0 Å². The van der Waals surface area contributed by atoms with E-state index in [4.69, 9.17) is 0 Å². The summed E-state index contributed by atoms with van der Waals surface area (Å²) in [6, 6.07) is 17.7. The number of aromatic nitrogens is 1. The number of hydrazone groups is 1. The zero-order valence-corrected chi connectivity index (χ0v) is 16.5. The van der Waals surface area contributed by atoms with Crippen LogP contribution in [-0.2, 0) is 0 Å². The predicted octanol–water partition coefficient (Wildman–Crippen LogP) is 4.93. The van der Waals surface area contributed by atoms with Gasteiger partial charge in [-0.25, -0.2) is 5.43 Å². The van der Waals surface area contributed by atoms with Crippen molar-refractivity contribution in [3.63, 3.8) is 0 Å². The van der Waals surface area contributed by atoms with Gasteiger partial charge in [-0.05, 0) is 67.0 Å². The second-order valence-electron chi connectivity index (χ2n) is 6.18. The molecule has 0 radical (unpaired) electrons. The van der Waals surface area contributed by atoms with Crippen LogP contribution in [0.5, 0.6) is 0 Å². The van der Waals surface area contributed by atoms with E-state index in [1.165, 1.54) is 5.56 Å². The van der Waals surface area contributed by atoms with Crippen molar-refractivity contribution in [3.05, 3.63) is 87.1 Å². The van der Waals surface area contributed by atoms with Gasteiger partial charge in [-0.15, -0.1) is 0 Å². The average molecular weight is 410 g/mol. The Bertz CT molecular complexity index is 971. The quantitative estimate of drug-likeness (QED) is 0.481. The fourth-order valence-electron chi connectivity index (χ4n) is 2.88. The fourth-order valence-corrected chi connectivity index (χ4v) is 3.34. The molecule has 0 aliphatic carbocycles. The van der Waals surface area contributed by atoms with Crippen molar-refractivity contribution in [3.8, 4) is 5.69 Å². The number of rotatable bonds is 4. The van der Waals surface area contributed by atoms with Crippen LogP contribution >= 0.6 is 15.9 Å². The van der Waals surface area contributed by atoms with Gasteiger partial charge in [-0.2, -0.15) is 5.10 Å². The number of benzene rings is 2. The second kappa shape index (κ2) is 7.70. The summed E-state index contributed by atoms with van der Waals surface area (Å²) in [7, 11) is 0. The van der Waals surface area contributed by atoms with Gasteiger partial charge in [0.05, 0.1) is 11.8 Å². The lowest BCUT2D eigenvalue weighted by atomic mass is 10.2. The number of carbonyl (C=O) groups excluding carboxylic acids is 1. The van der Waals surface area contributed by atoms with Crippen LogP contribution in [0.2, 0.25) is 0 Å². The van der Waals surface area contributed by atoms with Crippen molar-refractivity contribution < 1.29 is 4.79 Å². The number of carbonyl (C=O) groups is 1. The molecule has 4 nitrogen and oxygen atoms in total. The van der Waals surface area contributed by atoms with Crippen LogP contribution in [0.4, 0.5) is 0 Å². The number of hydrogen-bond acceptors (Lipinski definition) is 2. The maximum absolute atomic E-state index is 12.2. The highest BCUT2D eigenvalue weighted by Crippen LogP contribution is 2.20. The van der Waals surface area contributed by atoms with E-state index < -0.39 is 0 Å². The second-order valence-corrected chi connectivity index (χ2v) is 7.03. The van der Waals surface area contributed by atoms with Crippen molar-refractivity contribution in [1.29, 1.82) is 0 Å². The summed E-state index contributed by atoms with van der Waals surface area (Å²) >= 11 is 3.37. The first-order chi connectivity index (χ1) is 12.5. The molecule has 0 saturated heterocycles. The molecule has 0 unspecified atom stereocenters. The number of halogens is 1. The molecule has 0 aliphatic rings. The van der Waals surface area contributed by atoms with Crippen molar-refractivity contribution in [2.24, 2.45) is 5.10 Å². The summed E-state index contributed by atoms with van der Waals surface area (Å²) in [5, 5.41) is 4.12. The van der Waals surface area contributed by atoms with Crippen molar-refractivity contribution >= 4 is 28.1 Å². The molecule has 2 aromatic carbocycles. The van der Waals surface area contributed by atoms with Crippen LogP contribution in [0, 0.1) is 20.8 Å². The Balaban J connectivity index is 1.79. The number of amides is 1. The largest absolute Gasteiger partial charge is 0.318 e. The van der Waals surface area contributed by atoms with Crippen molar-refractivity contribution in [2.45, 2.75) is 20.8 Å². The molecule has 0 atom stereocenters. The fraction of sp³-hybridized carbons (Fsp3) is 0.143. The molecule has 0 bridgehead atoms. The first-order valence-electron chi connectivity index (χ1n) is 8.31. The van der Waals surface area contributed by atoms with Crippen LogP contribution in [-0.4, -0.2) is 16.7 Å². The summed E-state index contributed by atoms with van der Waals surface area (Å²) < 4.78 is 2.92. The molecule has 3 rings (SSSR count). The zero-order chi connectivity index (χ0) is 18.7. The molecular weight excluding hydrogens is 390 g/mol. The molecule has 26 heavy (non-hydrogen) atoms. The molecule has 1 heterocycles. The maximum atomic E-state index is 12.2. The van der Waals surface area contributed by atoms with Gasteiger partial charge in [-0.1, -0.05) is 29.8 Å². The minimum absolute atomic E-state index is 0.249. The van der Waals surface area contributed by atoms with Crippen LogP contribution in [0.1, 0.15) is 32.9 Å². The van der Waals surface area contributed by atoms with Gasteiger partial charge in [0.25, 0.3) is 5.91 Å². The number of nitrogens with zero attached hydrogens (tertiary/aromatic N) is 2. The van der Waals surface area contributed by atoms with Crippen LogP contribution in [0.15, 0.2) is 64.2 Å². The first kappa shape index (κ1) is 18.1. The monoisotopic (exact) mass is 409 g/mol. The molecule has 0 saturated carbocycles. The molecular formula is C21H20BrN3O. The van der Waals surface area contributed by atoms with E-state index in [1.807, 2.05) is 25.1 Å². The van der Waals surface area contributed by atoms with Gasteiger partial charge in [0, 0.05) is 27.1 Å². The van der Waals surface area contributed by atoms with Crippen LogP contribution < -0.4 is 5.43 Å². The Hall–Kier alpha value is -2.66. The Morgan fingerprint density at radius 2 is 1.77 bits per heavy atom. The lowest BCUT2D eigenvalue weighted by molar-refractivity contribution is 0.0954. The average Bonchev–Trinajstić information content (AvgIpc) is 2.90. The van der Waals surface area contributed by atoms with E-state index in [9.17, 15) is 4.79 Å². The summed E-state index contributed by atoms with van der Waals surface area (Å²) in [5.41, 5.74) is 8.63. The third-order valence-electron chi connectivity index (χ3n) is 4.25. The lowest BCUT2D eigenvalue weighted by Gasteiger charge is -2.09. The molecule has 0 fully saturated rings. The topological polar surface area (TPSA) is 46.4 Å². The van der Waals surface area contributed by atoms with Gasteiger partial charge < -0.3 is 4.57 Å². The number of nitrogens with one attached hydrogen (secondary N) is 1. The number of aryl methyl sites for hydroxylation is 2. The third kappa shape index (κ3) is 3.78. The minimum Gasteiger partial charge on any atom is -0.318 e. The molecule has 5 heteroatoms. The van der Waals surface area contributed by atoms with Gasteiger partial charge in [-0.3, -0.25) is 4.79 Å². The van der Waals surface area contributed by atoms with Crippen LogP contribution in [0.3, 0.4) is 0 Å². The lowest BCUT2D eigenvalue weighted by Crippen LogP contribution is -2.18. The molecule has 1 aromatic heterocycles. The molecule has 1 amide bonds. The first-order valence-corrected chi connectivity index (χ1v) is 9.10. The van der Waals surface area contributed by atoms with Gasteiger partial charge in [0.1, 0.15) is 0 Å². The Labute approximate surface area is 161 Å². The van der Waals surface area contributed by atoms with Crippen LogP contribution in [0.25, 0.3) is 5.69 Å². The van der Waals surface area contributed by atoms with E-state index in [0.29, 0.717) is 5.56 Å². The summed E-state index contributed by atoms with van der Waals surface area (Å²) in [5.74, 6) is -0.249. The highest BCUT2D eigenvalue weighted by molar-refractivity contribution is 9.10. The SMILES string of the molecule is Cc1ccc(-n2c(C)cc(/C=N\NC(=O)c3ccccc3Br)c2C)cc1. The van der Waals surface area contributed by atoms with Crippen molar-refractivity contribution in [2.75, 3.05) is 0 Å². The summed E-state index contributed by atoms with van der Waals surface area (Å²) in [6.07, 6.45) is 1.68. The highest BCUT2D eigenvalue weighted by Gasteiger charge is 2.10. The van der Waals surface area contributed by atoms with Gasteiger partial charge in [0.2, 0.25) is 0 Å². The van der Waals surface area contributed by atoms with Crippen molar-refractivity contribution in [1.82, 2.24) is 9.99 Å². The molecule has 0 aliphatic heterocycles. The maximum Gasteiger partial charge on any atom is 0.272 e. The Morgan fingerprint density at radius 3 is 2.46 bits per heavy atom. The molecule has 1 N–H and O–H groups in total. The Kier molecular flexibility index (Phi) is 5.38. The van der Waals surface area contributed by atoms with E-state index in [-0.39, 0.29) is 5.91 Å². The van der Waals surface area contributed by atoms with E-state index in [1.54, 1.807) is 12.3 Å². The molecule has 132 valence electrons. The zero-order valence-electron chi connectivity index (χ0n) is 15.0. The molecule has 3 aromatic rings. The normalized spacial score (nSPS) is 11.1. The number of hydrogen-bond donors (Lipinski definition) is 1. The third-order valence-corrected chi connectivity index (χ3v) is 4.94. The van der Waals surface area contributed by atoms with Gasteiger partial charge >= 0.3 is 0 Å². The highest BCUT2D eigenvalue weighted by atomic mass is 79.9. The molecule has 0 spiro atoms. The van der Waals surface area contributed by atoms with E-state index in [2.05, 4.69) is 75.2 Å². The summed E-state index contributed by atoms with van der Waals surface area (Å²) in [4.78, 5) is 12.2. The Morgan fingerprint density at radius 1 is 1.08 bits per heavy atom. The summed E-state index contributed by atoms with van der Waals surface area (Å²) in [6.45, 7) is 6.18. The minimum atomic E-state index is -0.249. The standard InChI is InChI=1S/C21H20BrN3O/c1-14-8-10-18(11-9-14)25-15(2)12-17(16(25)3)13-23-24-21(26)19-6-4-5-7-20(19)22/h4-13H,1-3H3,(H,24,26)/b23-13-. The predicted molar refractivity (Wildman–Crippen MR) is 109 cm³/mol. The smallest absolute Gasteiger partial charge is 0.272 e.